The fraction of sp³-hybridized carbons (Fsp3) is 1.00. The second kappa shape index (κ2) is 22.7. The maximum Gasteiger partial charge on any atom is 0.0925 e. The van der Waals surface area contributed by atoms with Gasteiger partial charge in [-0.2, -0.15) is 0 Å². The van der Waals surface area contributed by atoms with E-state index in [4.69, 9.17) is 0 Å². The van der Waals surface area contributed by atoms with E-state index < -0.39 is 0 Å². The molecule has 0 aromatic rings. The molecule has 2 saturated carbocycles. The van der Waals surface area contributed by atoms with Gasteiger partial charge in [-0.25, -0.2) is 0 Å². The fourth-order valence-electron chi connectivity index (χ4n) is 9.59. The van der Waals surface area contributed by atoms with Crippen molar-refractivity contribution in [3.63, 3.8) is 0 Å². The quantitative estimate of drug-likeness (QED) is 0.0846. The van der Waals surface area contributed by atoms with Gasteiger partial charge in [0.05, 0.1) is 25.2 Å². The first-order valence-corrected chi connectivity index (χ1v) is 19.6. The Morgan fingerprint density at radius 2 is 0.786 bits per heavy atom. The summed E-state index contributed by atoms with van der Waals surface area (Å²) < 4.78 is 1.53. The monoisotopic (exact) mass is 610 g/mol. The van der Waals surface area contributed by atoms with E-state index in [1.165, 1.54) is 159 Å². The van der Waals surface area contributed by atoms with Crippen LogP contribution in [0.4, 0.5) is 0 Å². The molecule has 2 heteroatoms. The Morgan fingerprint density at radius 3 is 1.10 bits per heavy atom. The number of hydrogen-bond donors (Lipinski definition) is 0. The van der Waals surface area contributed by atoms with E-state index in [9.17, 15) is 0 Å². The zero-order chi connectivity index (χ0) is 30.1. The van der Waals surface area contributed by atoms with Crippen LogP contribution in [-0.2, 0) is 0 Å². The smallest absolute Gasteiger partial charge is 0.0925 e. The zero-order valence-corrected chi connectivity index (χ0v) is 31.2. The van der Waals surface area contributed by atoms with E-state index >= 15 is 0 Å². The summed E-state index contributed by atoms with van der Waals surface area (Å²) in [7, 11) is 0. The molecule has 2 aliphatic rings. The molecule has 0 aliphatic heterocycles. The fourth-order valence-corrected chi connectivity index (χ4v) is 9.59. The Kier molecular flexibility index (Phi) is 21.8. The van der Waals surface area contributed by atoms with Crippen molar-refractivity contribution >= 4 is 0 Å². The van der Waals surface area contributed by atoms with Crippen molar-refractivity contribution in [2.24, 2.45) is 35.5 Å². The van der Waals surface area contributed by atoms with Crippen LogP contribution in [0.1, 0.15) is 197 Å². The lowest BCUT2D eigenvalue weighted by Crippen LogP contribution is -3.00. The summed E-state index contributed by atoms with van der Waals surface area (Å²) in [5, 5.41) is 0. The summed E-state index contributed by atoms with van der Waals surface area (Å²) in [4.78, 5) is 0. The van der Waals surface area contributed by atoms with Crippen LogP contribution in [0, 0.1) is 35.5 Å². The molecule has 2 aliphatic carbocycles. The number of halogens is 1. The Bertz CT molecular complexity index is 575. The second-order valence-electron chi connectivity index (χ2n) is 16.3. The van der Waals surface area contributed by atoms with Gasteiger partial charge in [0.2, 0.25) is 0 Å². The molecule has 0 spiro atoms. The second-order valence-corrected chi connectivity index (χ2v) is 16.3. The highest BCUT2D eigenvalue weighted by Gasteiger charge is 2.52. The predicted molar refractivity (Wildman–Crippen MR) is 185 cm³/mol. The first-order valence-electron chi connectivity index (χ1n) is 19.6. The number of unbranched alkanes of at least 4 members (excludes halogenated alkanes) is 14. The van der Waals surface area contributed by atoms with Crippen molar-refractivity contribution in [1.82, 2.24) is 0 Å². The van der Waals surface area contributed by atoms with E-state index in [0.29, 0.717) is 0 Å². The molecule has 2 rings (SSSR count). The third-order valence-corrected chi connectivity index (χ3v) is 12.2. The van der Waals surface area contributed by atoms with Crippen LogP contribution in [0.2, 0.25) is 0 Å². The first kappa shape index (κ1) is 40.3. The van der Waals surface area contributed by atoms with Gasteiger partial charge in [-0.1, -0.05) is 132 Å². The molecule has 0 bridgehead atoms. The van der Waals surface area contributed by atoms with E-state index in [1.54, 1.807) is 0 Å². The highest BCUT2D eigenvalue weighted by atomic mass is 35.5. The van der Waals surface area contributed by atoms with Crippen molar-refractivity contribution in [2.45, 2.75) is 209 Å². The van der Waals surface area contributed by atoms with Crippen LogP contribution in [0.5, 0.6) is 0 Å². The summed E-state index contributed by atoms with van der Waals surface area (Å²) in [6.07, 6.45) is 32.2. The minimum absolute atomic E-state index is 0. The summed E-state index contributed by atoms with van der Waals surface area (Å²) in [5.74, 6) is 5.37. The van der Waals surface area contributed by atoms with Crippen LogP contribution >= 0.6 is 0 Å². The molecule has 0 aromatic carbocycles. The largest absolute Gasteiger partial charge is 1.00 e. The van der Waals surface area contributed by atoms with Crippen molar-refractivity contribution in [2.75, 3.05) is 13.1 Å². The van der Waals surface area contributed by atoms with Gasteiger partial charge in [0.25, 0.3) is 0 Å². The summed E-state index contributed by atoms with van der Waals surface area (Å²) in [5.41, 5.74) is 0. The molecular weight excluding hydrogens is 530 g/mol. The van der Waals surface area contributed by atoms with E-state index in [0.717, 1.165) is 47.6 Å². The van der Waals surface area contributed by atoms with Crippen LogP contribution in [0.3, 0.4) is 0 Å². The van der Waals surface area contributed by atoms with Crippen LogP contribution < -0.4 is 12.4 Å². The Morgan fingerprint density at radius 1 is 0.476 bits per heavy atom. The number of nitrogens with zero attached hydrogens (tertiary/aromatic N) is 1. The molecule has 42 heavy (non-hydrogen) atoms. The highest BCUT2D eigenvalue weighted by molar-refractivity contribution is 4.89. The molecule has 252 valence electrons. The number of rotatable bonds is 22. The molecule has 0 amide bonds. The molecule has 6 unspecified atom stereocenters. The van der Waals surface area contributed by atoms with Crippen molar-refractivity contribution in [3.05, 3.63) is 0 Å². The molecular formula is C40H80ClN. The Hall–Kier alpha value is 0.250. The van der Waals surface area contributed by atoms with Crippen molar-refractivity contribution in [1.29, 1.82) is 0 Å². The lowest BCUT2D eigenvalue weighted by atomic mass is 9.67. The molecule has 6 atom stereocenters. The van der Waals surface area contributed by atoms with E-state index in [2.05, 4.69) is 55.4 Å². The van der Waals surface area contributed by atoms with E-state index in [1.807, 2.05) is 0 Å². The average molecular weight is 611 g/mol. The van der Waals surface area contributed by atoms with Gasteiger partial charge < -0.3 is 16.9 Å². The molecule has 0 aromatic heterocycles. The predicted octanol–water partition coefficient (Wildman–Crippen LogP) is 10.0. The minimum Gasteiger partial charge on any atom is -1.00 e. The van der Waals surface area contributed by atoms with Gasteiger partial charge in [0, 0.05) is 24.7 Å². The third-order valence-electron chi connectivity index (χ3n) is 12.2. The maximum absolute atomic E-state index is 2.61. The van der Waals surface area contributed by atoms with Gasteiger partial charge in [0.1, 0.15) is 0 Å². The summed E-state index contributed by atoms with van der Waals surface area (Å²) >= 11 is 0. The van der Waals surface area contributed by atoms with Crippen LogP contribution in [-0.4, -0.2) is 29.7 Å². The lowest BCUT2D eigenvalue weighted by Gasteiger charge is -2.59. The molecule has 1 nitrogen and oxygen atoms in total. The van der Waals surface area contributed by atoms with E-state index in [-0.39, 0.29) is 12.4 Å². The Labute approximate surface area is 273 Å². The van der Waals surface area contributed by atoms with Crippen molar-refractivity contribution < 1.29 is 16.9 Å². The first-order chi connectivity index (χ1) is 19.8. The van der Waals surface area contributed by atoms with Gasteiger partial charge in [0.15, 0.2) is 0 Å². The third kappa shape index (κ3) is 13.3. The number of hydrogen-bond acceptors (Lipinski definition) is 0. The zero-order valence-electron chi connectivity index (χ0n) is 30.4. The molecule has 2 fully saturated rings. The maximum atomic E-state index is 2.61. The van der Waals surface area contributed by atoms with Crippen LogP contribution in [0.15, 0.2) is 0 Å². The minimum atomic E-state index is 0. The molecule has 0 heterocycles. The summed E-state index contributed by atoms with van der Waals surface area (Å²) in [6.45, 7) is 23.2. The van der Waals surface area contributed by atoms with Crippen LogP contribution in [0.25, 0.3) is 0 Å². The Balaban J connectivity index is 0.00000882. The van der Waals surface area contributed by atoms with Crippen molar-refractivity contribution in [3.8, 4) is 0 Å². The normalized spacial score (nSPS) is 27.0. The lowest BCUT2D eigenvalue weighted by molar-refractivity contribution is -0.984. The van der Waals surface area contributed by atoms with Gasteiger partial charge in [-0.3, -0.25) is 0 Å². The highest BCUT2D eigenvalue weighted by Crippen LogP contribution is 2.48. The van der Waals surface area contributed by atoms with Gasteiger partial charge >= 0.3 is 0 Å². The average Bonchev–Trinajstić information content (AvgIpc) is 2.94. The topological polar surface area (TPSA) is 0 Å². The molecule has 0 radical (unpaired) electrons. The SMILES string of the molecule is CCCCCCCCCC[N+](CCCCCCCCCC)(C1CC(C)CCC1C(C)C)C1CC(C)CCC1C(C)C.[Cl-]. The molecule has 0 N–H and O–H groups in total. The summed E-state index contributed by atoms with van der Waals surface area (Å²) in [6, 6.07) is 1.81. The van der Waals surface area contributed by atoms with Gasteiger partial charge in [-0.05, 0) is 75.0 Å². The molecule has 0 saturated heterocycles. The van der Waals surface area contributed by atoms with Gasteiger partial charge in [-0.15, -0.1) is 0 Å². The standard InChI is InChI=1S/C40H80N.ClH/c1-9-11-13-15-17-19-21-23-29-41(30-24-22-20-18-16-14-12-10-2,39-31-35(7)25-27-37(39)33(3)4)40-32-36(8)26-28-38(40)34(5)6;/h33-40H,9-32H2,1-8H3;1H/q+1;/p-1. The number of quaternary nitrogens is 1.